The fourth-order valence-corrected chi connectivity index (χ4v) is 3.62. The summed E-state index contributed by atoms with van der Waals surface area (Å²) in [6.45, 7) is 3.57. The predicted molar refractivity (Wildman–Crippen MR) is 113 cm³/mol. The molecule has 0 radical (unpaired) electrons. The maximum atomic E-state index is 12.4. The lowest BCUT2D eigenvalue weighted by Crippen LogP contribution is -2.50. The van der Waals surface area contributed by atoms with Crippen molar-refractivity contribution in [1.29, 1.82) is 0 Å². The zero-order chi connectivity index (χ0) is 23.2. The number of methoxy groups -OCH3 is 1. The first-order chi connectivity index (χ1) is 14.8. The number of carbonyl (C=O) groups excluding carboxylic acids is 2. The minimum absolute atomic E-state index is 0.149. The van der Waals surface area contributed by atoms with Gasteiger partial charge in [0.05, 0.1) is 32.0 Å². The van der Waals surface area contributed by atoms with Gasteiger partial charge in [0.1, 0.15) is 12.1 Å². The molecule has 0 aromatic rings. The van der Waals surface area contributed by atoms with E-state index >= 15 is 0 Å². The Hall–Kier alpha value is -1.30. The van der Waals surface area contributed by atoms with Crippen LogP contribution >= 0.6 is 0 Å². The van der Waals surface area contributed by atoms with Gasteiger partial charge in [0.15, 0.2) is 6.29 Å². The molecule has 1 aliphatic heterocycles. The molecular weight excluding hydrogens is 408 g/mol. The van der Waals surface area contributed by atoms with Gasteiger partial charge in [0, 0.05) is 33.6 Å². The summed E-state index contributed by atoms with van der Waals surface area (Å²) in [5.41, 5.74) is 0. The molecule has 0 saturated carbocycles. The summed E-state index contributed by atoms with van der Waals surface area (Å²) in [6.07, 6.45) is 1.73. The number of unbranched alkanes of at least 4 members (excludes halogenated alkanes) is 2. The fourth-order valence-electron chi connectivity index (χ4n) is 3.62. The van der Waals surface area contributed by atoms with Gasteiger partial charge in [-0.25, -0.2) is 0 Å². The number of aliphatic hydroxyl groups excluding tert-OH is 3. The summed E-state index contributed by atoms with van der Waals surface area (Å²) < 4.78 is 16.5. The van der Waals surface area contributed by atoms with Crippen LogP contribution in [0.2, 0.25) is 0 Å². The van der Waals surface area contributed by atoms with Crippen molar-refractivity contribution in [3.63, 3.8) is 0 Å². The summed E-state index contributed by atoms with van der Waals surface area (Å²) in [7, 11) is 1.65. The maximum absolute atomic E-state index is 12.4. The van der Waals surface area contributed by atoms with E-state index in [1.807, 2.05) is 4.90 Å². The van der Waals surface area contributed by atoms with E-state index in [4.69, 9.17) is 14.2 Å². The van der Waals surface area contributed by atoms with Crippen LogP contribution in [0.25, 0.3) is 0 Å². The molecule has 5 atom stereocenters. The topological polar surface area (TPSA) is 138 Å². The van der Waals surface area contributed by atoms with Crippen molar-refractivity contribution >= 4 is 11.8 Å². The van der Waals surface area contributed by atoms with Crippen LogP contribution in [-0.4, -0.2) is 103 Å². The highest BCUT2D eigenvalue weighted by atomic mass is 16.7. The van der Waals surface area contributed by atoms with Crippen molar-refractivity contribution < 1.29 is 39.1 Å². The first-order valence-electron chi connectivity index (χ1n) is 11.1. The lowest BCUT2D eigenvalue weighted by molar-refractivity contribution is -0.214. The van der Waals surface area contributed by atoms with Crippen molar-refractivity contribution in [1.82, 2.24) is 10.2 Å². The number of nitrogens with zero attached hydrogens (tertiary/aromatic N) is 1. The van der Waals surface area contributed by atoms with Crippen LogP contribution in [0.15, 0.2) is 0 Å². The van der Waals surface area contributed by atoms with Crippen molar-refractivity contribution in [2.75, 3.05) is 40.1 Å². The van der Waals surface area contributed by atoms with Gasteiger partial charge in [0.25, 0.3) is 0 Å². The monoisotopic (exact) mass is 448 g/mol. The second-order valence-electron chi connectivity index (χ2n) is 7.98. The average Bonchev–Trinajstić information content (AvgIpc) is 3.19. The predicted octanol–water partition coefficient (Wildman–Crippen LogP) is -0.218. The first-order valence-corrected chi connectivity index (χ1v) is 11.1. The molecule has 1 rings (SSSR count). The summed E-state index contributed by atoms with van der Waals surface area (Å²) in [5, 5.41) is 31.2. The second kappa shape index (κ2) is 15.5. The quantitative estimate of drug-likeness (QED) is 0.188. The summed E-state index contributed by atoms with van der Waals surface area (Å²) in [6, 6.07) is -0.656. The molecule has 10 heteroatoms. The molecule has 1 fully saturated rings. The van der Waals surface area contributed by atoms with E-state index in [1.165, 1.54) is 13.8 Å². The van der Waals surface area contributed by atoms with Crippen LogP contribution in [-0.2, 0) is 23.8 Å². The number of carbonyl (C=O) groups is 2. The Morgan fingerprint density at radius 2 is 1.94 bits per heavy atom. The molecule has 0 aromatic heterocycles. The number of amides is 2. The molecule has 2 amide bonds. The van der Waals surface area contributed by atoms with Crippen molar-refractivity contribution in [3.05, 3.63) is 0 Å². The third kappa shape index (κ3) is 10.2. The number of rotatable bonds is 16. The van der Waals surface area contributed by atoms with Gasteiger partial charge < -0.3 is 39.7 Å². The summed E-state index contributed by atoms with van der Waals surface area (Å²) >= 11 is 0. The summed E-state index contributed by atoms with van der Waals surface area (Å²) in [4.78, 5) is 25.7. The van der Waals surface area contributed by atoms with Gasteiger partial charge in [-0.15, -0.1) is 0 Å². The highest BCUT2D eigenvalue weighted by Gasteiger charge is 2.29. The number of hydrogen-bond acceptors (Lipinski definition) is 8. The minimum Gasteiger partial charge on any atom is -0.394 e. The molecule has 1 heterocycles. The molecule has 0 aromatic carbocycles. The third-order valence-corrected chi connectivity index (χ3v) is 5.31. The normalized spacial score (nSPS) is 20.3. The number of nitrogens with one attached hydrogen (secondary N) is 1. The summed E-state index contributed by atoms with van der Waals surface area (Å²) in [5.74, 6) is -0.212. The minimum atomic E-state index is -1.03. The van der Waals surface area contributed by atoms with Gasteiger partial charge in [-0.3, -0.25) is 9.59 Å². The average molecular weight is 449 g/mol. The highest BCUT2D eigenvalue weighted by Crippen LogP contribution is 2.19. The Labute approximate surface area is 184 Å². The van der Waals surface area contributed by atoms with Crippen LogP contribution in [0.1, 0.15) is 52.4 Å². The first kappa shape index (κ1) is 27.7. The van der Waals surface area contributed by atoms with Crippen molar-refractivity contribution in [2.24, 2.45) is 0 Å². The SMILES string of the molecule is COC[C@@H]1CCCN1C(=O)CCCCCOC(OC(CO)[C@@H](C)O)[C@H](CO)NC(C)=O. The van der Waals surface area contributed by atoms with E-state index in [9.17, 15) is 24.9 Å². The molecular formula is C21H40N2O8. The zero-order valence-corrected chi connectivity index (χ0v) is 19.0. The highest BCUT2D eigenvalue weighted by molar-refractivity contribution is 5.76. The smallest absolute Gasteiger partial charge is 0.222 e. The van der Waals surface area contributed by atoms with Crippen LogP contribution in [0, 0.1) is 0 Å². The Balaban J connectivity index is 2.42. The standard InChI is InChI=1S/C21H40N2O8/c1-15(26)19(13-25)31-21(18(12-24)22-16(2)27)30-11-6-4-5-9-20(28)23-10-7-8-17(23)14-29-3/h15,17-19,21,24-26H,4-14H2,1-3H3,(H,22,27)/t15-,17+,18+,19?,21?/m1/s1. The molecule has 10 nitrogen and oxygen atoms in total. The molecule has 4 N–H and O–H groups in total. The van der Waals surface area contributed by atoms with E-state index in [-0.39, 0.29) is 24.5 Å². The Morgan fingerprint density at radius 3 is 2.52 bits per heavy atom. The van der Waals surface area contributed by atoms with Gasteiger partial charge in [-0.05, 0) is 32.6 Å². The van der Waals surface area contributed by atoms with E-state index in [2.05, 4.69) is 5.32 Å². The Kier molecular flexibility index (Phi) is 13.9. The van der Waals surface area contributed by atoms with Crippen molar-refractivity contribution in [3.8, 4) is 0 Å². The van der Waals surface area contributed by atoms with Crippen LogP contribution < -0.4 is 5.32 Å². The number of aliphatic hydroxyl groups is 3. The zero-order valence-electron chi connectivity index (χ0n) is 19.0. The van der Waals surface area contributed by atoms with E-state index in [0.717, 1.165) is 32.2 Å². The van der Waals surface area contributed by atoms with Gasteiger partial charge in [0.2, 0.25) is 11.8 Å². The van der Waals surface area contributed by atoms with E-state index in [1.54, 1.807) is 7.11 Å². The third-order valence-electron chi connectivity index (χ3n) is 5.31. The van der Waals surface area contributed by atoms with Gasteiger partial charge >= 0.3 is 0 Å². The largest absolute Gasteiger partial charge is 0.394 e. The van der Waals surface area contributed by atoms with Gasteiger partial charge in [-0.1, -0.05) is 6.42 Å². The second-order valence-corrected chi connectivity index (χ2v) is 7.98. The molecule has 0 spiro atoms. The Morgan fingerprint density at radius 1 is 1.19 bits per heavy atom. The van der Waals surface area contributed by atoms with E-state index < -0.39 is 37.8 Å². The molecule has 1 saturated heterocycles. The van der Waals surface area contributed by atoms with Gasteiger partial charge in [-0.2, -0.15) is 0 Å². The number of ether oxygens (including phenoxy) is 3. The molecule has 1 aliphatic rings. The lowest BCUT2D eigenvalue weighted by Gasteiger charge is -2.30. The van der Waals surface area contributed by atoms with E-state index in [0.29, 0.717) is 19.4 Å². The fraction of sp³-hybridized carbons (Fsp3) is 0.905. The van der Waals surface area contributed by atoms with Crippen molar-refractivity contribution in [2.45, 2.75) is 83.0 Å². The molecule has 0 bridgehead atoms. The molecule has 2 unspecified atom stereocenters. The Bertz CT molecular complexity index is 520. The lowest BCUT2D eigenvalue weighted by atomic mass is 10.1. The maximum Gasteiger partial charge on any atom is 0.222 e. The van der Waals surface area contributed by atoms with Crippen LogP contribution in [0.4, 0.5) is 0 Å². The molecule has 31 heavy (non-hydrogen) atoms. The van der Waals surface area contributed by atoms with Crippen LogP contribution in [0.5, 0.6) is 0 Å². The molecule has 0 aliphatic carbocycles. The molecule has 182 valence electrons. The number of hydrogen-bond donors (Lipinski definition) is 4. The van der Waals surface area contributed by atoms with Crippen LogP contribution in [0.3, 0.4) is 0 Å². The number of likely N-dealkylation sites (tertiary alicyclic amines) is 1.